The SMILES string of the molecule is CN1C(=O)C(=O)C2C(=O)N(Cc3ccc(F)c(Cl)c3)CCC2C1(C)C. The summed E-state index contributed by atoms with van der Waals surface area (Å²) in [5.41, 5.74) is 0.125. The molecule has 0 saturated carbocycles. The highest BCUT2D eigenvalue weighted by molar-refractivity contribution is 6.41. The number of likely N-dealkylation sites (tertiary alicyclic amines) is 2. The fourth-order valence-corrected chi connectivity index (χ4v) is 4.02. The number of likely N-dealkylation sites (N-methyl/N-ethyl adjacent to an activating group) is 1. The second kappa shape index (κ2) is 6.09. The second-order valence-corrected chi connectivity index (χ2v) is 7.67. The van der Waals surface area contributed by atoms with Crippen LogP contribution in [0, 0.1) is 17.7 Å². The molecule has 0 spiro atoms. The lowest BCUT2D eigenvalue weighted by molar-refractivity contribution is -0.169. The van der Waals surface area contributed by atoms with E-state index in [1.165, 1.54) is 17.0 Å². The van der Waals surface area contributed by atoms with Crippen molar-refractivity contribution in [3.8, 4) is 0 Å². The molecule has 2 aliphatic rings. The maximum Gasteiger partial charge on any atom is 0.291 e. The van der Waals surface area contributed by atoms with E-state index in [0.717, 1.165) is 0 Å². The molecule has 2 amide bonds. The number of benzene rings is 1. The van der Waals surface area contributed by atoms with E-state index in [2.05, 4.69) is 0 Å². The molecule has 2 fully saturated rings. The number of carbonyl (C=O) groups is 3. The summed E-state index contributed by atoms with van der Waals surface area (Å²) < 4.78 is 13.3. The van der Waals surface area contributed by atoms with Crippen molar-refractivity contribution in [3.63, 3.8) is 0 Å². The van der Waals surface area contributed by atoms with Crippen LogP contribution in [0.15, 0.2) is 18.2 Å². The van der Waals surface area contributed by atoms with Crippen molar-refractivity contribution in [2.75, 3.05) is 13.6 Å². The van der Waals surface area contributed by atoms with Crippen LogP contribution in [0.2, 0.25) is 5.02 Å². The summed E-state index contributed by atoms with van der Waals surface area (Å²) in [7, 11) is 1.60. The minimum absolute atomic E-state index is 0.00786. The smallest absolute Gasteiger partial charge is 0.291 e. The van der Waals surface area contributed by atoms with E-state index in [0.29, 0.717) is 18.5 Å². The third-order valence-corrected chi connectivity index (χ3v) is 5.91. The molecular formula is C18H20ClFN2O3. The highest BCUT2D eigenvalue weighted by Crippen LogP contribution is 2.41. The predicted octanol–water partition coefficient (Wildman–Crippen LogP) is 2.26. The van der Waals surface area contributed by atoms with Crippen LogP contribution in [0.1, 0.15) is 25.8 Å². The summed E-state index contributed by atoms with van der Waals surface area (Å²) in [6, 6.07) is 4.29. The van der Waals surface area contributed by atoms with Gasteiger partial charge >= 0.3 is 0 Å². The van der Waals surface area contributed by atoms with Gasteiger partial charge < -0.3 is 9.80 Å². The first kappa shape index (κ1) is 17.9. The number of Topliss-reactive ketones (excluding diaryl/α,β-unsaturated/α-hetero) is 1. The van der Waals surface area contributed by atoms with Crippen LogP contribution >= 0.6 is 11.6 Å². The molecule has 7 heteroatoms. The zero-order valence-corrected chi connectivity index (χ0v) is 15.1. The fraction of sp³-hybridized carbons (Fsp3) is 0.500. The Kier molecular flexibility index (Phi) is 4.35. The molecule has 0 bridgehead atoms. The molecule has 0 N–H and O–H groups in total. The standard InChI is InChI=1S/C18H20ClFN2O3/c1-18(2)11-6-7-22(9-10-4-5-13(20)12(19)8-10)16(24)14(11)15(23)17(25)21(18)3/h4-5,8,11,14H,6-7,9H2,1-3H3. The van der Waals surface area contributed by atoms with Gasteiger partial charge in [-0.1, -0.05) is 17.7 Å². The van der Waals surface area contributed by atoms with Crippen LogP contribution in [0.4, 0.5) is 4.39 Å². The lowest BCUT2D eigenvalue weighted by atomic mass is 9.67. The molecule has 2 saturated heterocycles. The molecule has 0 aromatic heterocycles. The lowest BCUT2D eigenvalue weighted by Crippen LogP contribution is -2.66. The molecule has 2 unspecified atom stereocenters. The molecule has 0 aliphatic carbocycles. The maximum absolute atomic E-state index is 13.3. The Balaban J connectivity index is 1.86. The number of piperidine rings is 2. The highest BCUT2D eigenvalue weighted by atomic mass is 35.5. The number of fused-ring (bicyclic) bond motifs is 1. The summed E-state index contributed by atoms with van der Waals surface area (Å²) in [5.74, 6) is -3.26. The van der Waals surface area contributed by atoms with E-state index in [9.17, 15) is 18.8 Å². The number of hydrogen-bond acceptors (Lipinski definition) is 3. The zero-order chi connectivity index (χ0) is 18.5. The second-order valence-electron chi connectivity index (χ2n) is 7.26. The van der Waals surface area contributed by atoms with Crippen LogP contribution in [0.25, 0.3) is 0 Å². The summed E-state index contributed by atoms with van der Waals surface area (Å²) in [6.07, 6.45) is 0.627. The molecule has 3 rings (SSSR count). The van der Waals surface area contributed by atoms with E-state index < -0.39 is 29.0 Å². The van der Waals surface area contributed by atoms with Gasteiger partial charge in [0.05, 0.1) is 5.02 Å². The summed E-state index contributed by atoms with van der Waals surface area (Å²) in [5, 5.41) is -0.00786. The van der Waals surface area contributed by atoms with Gasteiger partial charge in [-0.3, -0.25) is 14.4 Å². The molecule has 5 nitrogen and oxygen atoms in total. The third-order valence-electron chi connectivity index (χ3n) is 5.62. The van der Waals surface area contributed by atoms with Gasteiger partial charge in [0.25, 0.3) is 5.91 Å². The summed E-state index contributed by atoms with van der Waals surface area (Å²) >= 11 is 5.79. The van der Waals surface area contributed by atoms with Gasteiger partial charge in [0.15, 0.2) is 0 Å². The Morgan fingerprint density at radius 1 is 1.28 bits per heavy atom. The molecule has 25 heavy (non-hydrogen) atoms. The molecule has 1 aromatic carbocycles. The minimum Gasteiger partial charge on any atom is -0.338 e. The Hall–Kier alpha value is -1.95. The van der Waals surface area contributed by atoms with Gasteiger partial charge in [-0.25, -0.2) is 4.39 Å². The average molecular weight is 367 g/mol. The zero-order valence-electron chi connectivity index (χ0n) is 14.4. The van der Waals surface area contributed by atoms with Gasteiger partial charge in [0.2, 0.25) is 11.7 Å². The van der Waals surface area contributed by atoms with Crippen molar-refractivity contribution >= 4 is 29.2 Å². The number of nitrogens with zero attached hydrogens (tertiary/aromatic N) is 2. The topological polar surface area (TPSA) is 57.7 Å². The minimum atomic E-state index is -0.941. The Morgan fingerprint density at radius 2 is 1.96 bits per heavy atom. The Bertz CT molecular complexity index is 765. The highest BCUT2D eigenvalue weighted by Gasteiger charge is 2.56. The molecule has 0 radical (unpaired) electrons. The summed E-state index contributed by atoms with van der Waals surface area (Å²) in [4.78, 5) is 40.6. The van der Waals surface area contributed by atoms with Crippen molar-refractivity contribution < 1.29 is 18.8 Å². The van der Waals surface area contributed by atoms with Crippen LogP contribution < -0.4 is 0 Å². The molecular weight excluding hydrogens is 347 g/mol. The average Bonchev–Trinajstić information content (AvgIpc) is 2.56. The van der Waals surface area contributed by atoms with Crippen LogP contribution in [0.3, 0.4) is 0 Å². The van der Waals surface area contributed by atoms with Crippen molar-refractivity contribution in [1.82, 2.24) is 9.80 Å². The van der Waals surface area contributed by atoms with E-state index in [4.69, 9.17) is 11.6 Å². The van der Waals surface area contributed by atoms with Gasteiger partial charge in [-0.2, -0.15) is 0 Å². The number of ketones is 1. The molecule has 2 aliphatic heterocycles. The van der Waals surface area contributed by atoms with Crippen LogP contribution in [0.5, 0.6) is 0 Å². The molecule has 1 aromatic rings. The number of amides is 2. The molecule has 134 valence electrons. The first-order valence-corrected chi connectivity index (χ1v) is 8.57. The third kappa shape index (κ3) is 2.82. The van der Waals surface area contributed by atoms with Crippen LogP contribution in [-0.4, -0.2) is 46.5 Å². The van der Waals surface area contributed by atoms with Gasteiger partial charge in [0.1, 0.15) is 11.7 Å². The van der Waals surface area contributed by atoms with Crippen molar-refractivity contribution in [2.45, 2.75) is 32.4 Å². The fourth-order valence-electron chi connectivity index (χ4n) is 3.82. The van der Waals surface area contributed by atoms with Crippen molar-refractivity contribution in [1.29, 1.82) is 0 Å². The largest absolute Gasteiger partial charge is 0.338 e. The van der Waals surface area contributed by atoms with Gasteiger partial charge in [0, 0.05) is 31.6 Å². The predicted molar refractivity (Wildman–Crippen MR) is 90.3 cm³/mol. The first-order chi connectivity index (χ1) is 11.6. The Morgan fingerprint density at radius 3 is 2.60 bits per heavy atom. The number of halogens is 2. The lowest BCUT2D eigenvalue weighted by Gasteiger charge is -2.51. The molecule has 2 atom stereocenters. The summed E-state index contributed by atoms with van der Waals surface area (Å²) in [6.45, 7) is 4.49. The number of carbonyl (C=O) groups excluding carboxylic acids is 3. The van der Waals surface area contributed by atoms with Gasteiger partial charge in [-0.15, -0.1) is 0 Å². The van der Waals surface area contributed by atoms with E-state index in [1.807, 2.05) is 13.8 Å². The van der Waals surface area contributed by atoms with Crippen molar-refractivity contribution in [2.24, 2.45) is 11.8 Å². The van der Waals surface area contributed by atoms with E-state index in [1.54, 1.807) is 18.0 Å². The van der Waals surface area contributed by atoms with Crippen LogP contribution in [-0.2, 0) is 20.9 Å². The number of rotatable bonds is 2. The first-order valence-electron chi connectivity index (χ1n) is 8.19. The van der Waals surface area contributed by atoms with E-state index in [-0.39, 0.29) is 23.4 Å². The number of hydrogen-bond donors (Lipinski definition) is 0. The maximum atomic E-state index is 13.3. The van der Waals surface area contributed by atoms with Gasteiger partial charge in [-0.05, 0) is 38.0 Å². The Labute approximate surface area is 150 Å². The monoisotopic (exact) mass is 366 g/mol. The van der Waals surface area contributed by atoms with E-state index >= 15 is 0 Å². The van der Waals surface area contributed by atoms with Crippen molar-refractivity contribution in [3.05, 3.63) is 34.6 Å². The quantitative estimate of drug-likeness (QED) is 0.596. The molecule has 2 heterocycles. The normalized spacial score (nSPS) is 26.0.